The Kier molecular flexibility index (Phi) is 4.52. The van der Waals surface area contributed by atoms with Gasteiger partial charge in [0.25, 0.3) is 0 Å². The summed E-state index contributed by atoms with van der Waals surface area (Å²) in [7, 11) is 0. The van der Waals surface area contributed by atoms with Crippen LogP contribution in [0.4, 0.5) is 10.8 Å². The molecule has 0 atom stereocenters. The van der Waals surface area contributed by atoms with Crippen molar-refractivity contribution in [1.82, 2.24) is 4.98 Å². The Bertz CT molecular complexity index is 749. The summed E-state index contributed by atoms with van der Waals surface area (Å²) in [5.74, 6) is -0.0374. The number of anilines is 2. The minimum Gasteiger partial charge on any atom is -0.312 e. The third-order valence-corrected chi connectivity index (χ3v) is 4.43. The van der Waals surface area contributed by atoms with Crippen molar-refractivity contribution in [2.24, 2.45) is 0 Å². The van der Waals surface area contributed by atoms with Gasteiger partial charge in [-0.05, 0) is 37.1 Å². The molecule has 1 N–H and O–H groups in total. The van der Waals surface area contributed by atoms with E-state index in [1.807, 2.05) is 36.6 Å². The van der Waals surface area contributed by atoms with Gasteiger partial charge in [0.1, 0.15) is 0 Å². The normalized spacial score (nSPS) is 14.7. The first kappa shape index (κ1) is 15.4. The highest BCUT2D eigenvalue weighted by atomic mass is 32.1. The van der Waals surface area contributed by atoms with Gasteiger partial charge >= 0.3 is 0 Å². The van der Waals surface area contributed by atoms with Crippen LogP contribution in [0.25, 0.3) is 6.08 Å². The molecule has 1 aliphatic rings. The number of carbonyl (C=O) groups is 2. The Labute approximate surface area is 138 Å². The summed E-state index contributed by atoms with van der Waals surface area (Å²) < 4.78 is 0. The maximum absolute atomic E-state index is 11.8. The first-order valence-electron chi connectivity index (χ1n) is 7.43. The van der Waals surface area contributed by atoms with Crippen LogP contribution in [0.1, 0.15) is 24.1 Å². The van der Waals surface area contributed by atoms with Gasteiger partial charge in [-0.25, -0.2) is 4.98 Å². The van der Waals surface area contributed by atoms with E-state index in [0.717, 1.165) is 29.9 Å². The Balaban J connectivity index is 1.61. The fraction of sp³-hybridized carbons (Fsp3) is 0.235. The minimum atomic E-state index is -0.210. The van der Waals surface area contributed by atoms with Crippen LogP contribution in [0.15, 0.2) is 35.7 Å². The third-order valence-electron chi connectivity index (χ3n) is 3.55. The summed E-state index contributed by atoms with van der Waals surface area (Å²) >= 11 is 1.40. The molecule has 2 aromatic rings. The molecule has 0 spiro atoms. The molecule has 1 aromatic heterocycles. The lowest BCUT2D eigenvalue weighted by Crippen LogP contribution is -2.23. The molecule has 1 fully saturated rings. The van der Waals surface area contributed by atoms with E-state index in [-0.39, 0.29) is 11.8 Å². The zero-order valence-electron chi connectivity index (χ0n) is 12.8. The SMILES string of the molecule is Cc1csc(NC(=O)/C=C/c2ccc(N3CCCC3=O)cc2)n1. The molecule has 2 amide bonds. The molecule has 0 bridgehead atoms. The van der Waals surface area contributed by atoms with E-state index in [4.69, 9.17) is 0 Å². The summed E-state index contributed by atoms with van der Waals surface area (Å²) in [6.07, 6.45) is 4.76. The van der Waals surface area contributed by atoms with Crippen molar-refractivity contribution in [1.29, 1.82) is 0 Å². The lowest BCUT2D eigenvalue weighted by Gasteiger charge is -2.15. The lowest BCUT2D eigenvalue weighted by molar-refractivity contribution is -0.117. The zero-order chi connectivity index (χ0) is 16.2. The minimum absolute atomic E-state index is 0.173. The summed E-state index contributed by atoms with van der Waals surface area (Å²) in [5.41, 5.74) is 2.71. The maximum atomic E-state index is 11.8. The fourth-order valence-corrected chi connectivity index (χ4v) is 3.11. The van der Waals surface area contributed by atoms with Crippen LogP contribution in [-0.2, 0) is 9.59 Å². The van der Waals surface area contributed by atoms with Crippen LogP contribution in [0.5, 0.6) is 0 Å². The van der Waals surface area contributed by atoms with Crippen LogP contribution in [0.2, 0.25) is 0 Å². The number of hydrogen-bond acceptors (Lipinski definition) is 4. The van der Waals surface area contributed by atoms with E-state index in [1.54, 1.807) is 11.0 Å². The molecule has 0 radical (unpaired) electrons. The highest BCUT2D eigenvalue weighted by Crippen LogP contribution is 2.22. The standard InChI is InChI=1S/C17H17N3O2S/c1-12-11-23-17(18-12)19-15(21)9-6-13-4-7-14(8-5-13)20-10-2-3-16(20)22/h4-9,11H,2-3,10H2,1H3,(H,18,19,21)/b9-6+. The molecule has 1 aromatic carbocycles. The van der Waals surface area contributed by atoms with Crippen molar-refractivity contribution in [3.05, 3.63) is 47.0 Å². The molecule has 118 valence electrons. The number of rotatable bonds is 4. The van der Waals surface area contributed by atoms with E-state index in [1.165, 1.54) is 17.4 Å². The van der Waals surface area contributed by atoms with Crippen molar-refractivity contribution in [2.75, 3.05) is 16.8 Å². The Morgan fingerprint density at radius 2 is 2.13 bits per heavy atom. The van der Waals surface area contributed by atoms with E-state index in [9.17, 15) is 9.59 Å². The van der Waals surface area contributed by atoms with E-state index >= 15 is 0 Å². The number of amides is 2. The topological polar surface area (TPSA) is 62.3 Å². The fourth-order valence-electron chi connectivity index (χ4n) is 2.42. The predicted molar refractivity (Wildman–Crippen MR) is 92.5 cm³/mol. The van der Waals surface area contributed by atoms with Gasteiger partial charge in [0.05, 0.1) is 5.69 Å². The number of aromatic nitrogens is 1. The number of nitrogens with zero attached hydrogens (tertiary/aromatic N) is 2. The Hall–Kier alpha value is -2.47. The summed E-state index contributed by atoms with van der Waals surface area (Å²) in [6.45, 7) is 2.66. The number of benzene rings is 1. The lowest BCUT2D eigenvalue weighted by atomic mass is 10.2. The number of hydrogen-bond donors (Lipinski definition) is 1. The van der Waals surface area contributed by atoms with Gasteiger partial charge in [0, 0.05) is 30.1 Å². The van der Waals surface area contributed by atoms with Crippen LogP contribution in [-0.4, -0.2) is 23.3 Å². The van der Waals surface area contributed by atoms with Crippen molar-refractivity contribution >= 4 is 40.0 Å². The molecule has 1 saturated heterocycles. The molecule has 0 aliphatic carbocycles. The monoisotopic (exact) mass is 327 g/mol. The van der Waals surface area contributed by atoms with Crippen molar-refractivity contribution in [2.45, 2.75) is 19.8 Å². The largest absolute Gasteiger partial charge is 0.312 e. The van der Waals surface area contributed by atoms with Gasteiger partial charge in [-0.15, -0.1) is 11.3 Å². The first-order valence-corrected chi connectivity index (χ1v) is 8.31. The molecule has 23 heavy (non-hydrogen) atoms. The third kappa shape index (κ3) is 3.84. The number of thiazole rings is 1. The molecular weight excluding hydrogens is 310 g/mol. The molecular formula is C17H17N3O2S. The second-order valence-electron chi connectivity index (χ2n) is 5.36. The van der Waals surface area contributed by atoms with Gasteiger partial charge in [0.2, 0.25) is 11.8 Å². The molecule has 6 heteroatoms. The van der Waals surface area contributed by atoms with Crippen LogP contribution in [0.3, 0.4) is 0 Å². The highest BCUT2D eigenvalue weighted by molar-refractivity contribution is 7.13. The average molecular weight is 327 g/mol. The van der Waals surface area contributed by atoms with Crippen molar-refractivity contribution in [3.63, 3.8) is 0 Å². The second kappa shape index (κ2) is 6.75. The van der Waals surface area contributed by atoms with Crippen molar-refractivity contribution < 1.29 is 9.59 Å². The summed E-state index contributed by atoms with van der Waals surface area (Å²) in [5, 5.41) is 5.21. The van der Waals surface area contributed by atoms with E-state index < -0.39 is 0 Å². The molecule has 1 aliphatic heterocycles. The van der Waals surface area contributed by atoms with Crippen molar-refractivity contribution in [3.8, 4) is 0 Å². The van der Waals surface area contributed by atoms with Gasteiger partial charge in [-0.3, -0.25) is 14.9 Å². The quantitative estimate of drug-likeness (QED) is 0.877. The molecule has 2 heterocycles. The Morgan fingerprint density at radius 1 is 1.35 bits per heavy atom. The predicted octanol–water partition coefficient (Wildman–Crippen LogP) is 3.23. The molecule has 5 nitrogen and oxygen atoms in total. The smallest absolute Gasteiger partial charge is 0.250 e. The number of nitrogens with one attached hydrogen (secondary N) is 1. The van der Waals surface area contributed by atoms with Crippen LogP contribution >= 0.6 is 11.3 Å². The second-order valence-corrected chi connectivity index (χ2v) is 6.22. The number of aryl methyl sites for hydroxylation is 1. The average Bonchev–Trinajstić information content (AvgIpc) is 3.14. The molecule has 0 saturated carbocycles. The van der Waals surface area contributed by atoms with Gasteiger partial charge in [-0.1, -0.05) is 12.1 Å². The molecule has 0 unspecified atom stereocenters. The highest BCUT2D eigenvalue weighted by Gasteiger charge is 2.21. The first-order chi connectivity index (χ1) is 11.1. The van der Waals surface area contributed by atoms with Gasteiger partial charge < -0.3 is 4.90 Å². The van der Waals surface area contributed by atoms with E-state index in [2.05, 4.69) is 10.3 Å². The van der Waals surface area contributed by atoms with E-state index in [0.29, 0.717) is 11.6 Å². The zero-order valence-corrected chi connectivity index (χ0v) is 13.6. The van der Waals surface area contributed by atoms with Gasteiger partial charge in [-0.2, -0.15) is 0 Å². The van der Waals surface area contributed by atoms with Crippen LogP contribution < -0.4 is 10.2 Å². The van der Waals surface area contributed by atoms with Gasteiger partial charge in [0.15, 0.2) is 5.13 Å². The summed E-state index contributed by atoms with van der Waals surface area (Å²) in [4.78, 5) is 29.5. The van der Waals surface area contributed by atoms with Crippen LogP contribution in [0, 0.1) is 6.92 Å². The molecule has 3 rings (SSSR count). The maximum Gasteiger partial charge on any atom is 0.250 e. The Morgan fingerprint density at radius 3 is 2.74 bits per heavy atom. The summed E-state index contributed by atoms with van der Waals surface area (Å²) in [6, 6.07) is 7.62. The number of carbonyl (C=O) groups excluding carboxylic acids is 2.